The number of carbonyl (C=O) groups is 1. The molecule has 1 heterocycles. The number of hydrogen-bond acceptors (Lipinski definition) is 2. The van der Waals surface area contributed by atoms with Gasteiger partial charge >= 0.3 is 0 Å². The zero-order valence-electron chi connectivity index (χ0n) is 11.1. The lowest BCUT2D eigenvalue weighted by Gasteiger charge is -2.26. The molecular weight excluding hydrogens is 226 g/mol. The van der Waals surface area contributed by atoms with E-state index in [4.69, 9.17) is 4.74 Å². The number of ether oxygens (including phenoxy) is 1. The zero-order chi connectivity index (χ0) is 13.0. The Labute approximate surface area is 109 Å². The summed E-state index contributed by atoms with van der Waals surface area (Å²) in [6.07, 6.45) is 1.57. The van der Waals surface area contributed by atoms with Gasteiger partial charge in [-0.05, 0) is 24.0 Å². The Hall–Kier alpha value is -1.51. The van der Waals surface area contributed by atoms with Gasteiger partial charge in [0.2, 0.25) is 5.91 Å². The third-order valence-electron chi connectivity index (χ3n) is 3.22. The molecule has 18 heavy (non-hydrogen) atoms. The Morgan fingerprint density at radius 3 is 3.00 bits per heavy atom. The minimum atomic E-state index is 0.147. The topological polar surface area (TPSA) is 38.3 Å². The first-order valence-electron chi connectivity index (χ1n) is 6.65. The molecule has 3 nitrogen and oxygen atoms in total. The third kappa shape index (κ3) is 3.25. The number of benzene rings is 1. The van der Waals surface area contributed by atoms with Crippen LogP contribution in [0.3, 0.4) is 0 Å². The van der Waals surface area contributed by atoms with Crippen LogP contribution in [0.25, 0.3) is 0 Å². The normalized spacial score (nSPS) is 18.1. The smallest absolute Gasteiger partial charge is 0.220 e. The molecule has 3 heteroatoms. The van der Waals surface area contributed by atoms with E-state index in [1.807, 2.05) is 18.2 Å². The summed E-state index contributed by atoms with van der Waals surface area (Å²) in [5, 5.41) is 3.03. The van der Waals surface area contributed by atoms with E-state index in [1.165, 1.54) is 5.56 Å². The van der Waals surface area contributed by atoms with E-state index in [1.54, 1.807) is 0 Å². The highest BCUT2D eigenvalue weighted by Crippen LogP contribution is 2.32. The highest BCUT2D eigenvalue weighted by molar-refractivity contribution is 5.76. The Morgan fingerprint density at radius 2 is 2.22 bits per heavy atom. The molecule has 0 aromatic heterocycles. The number of carbonyl (C=O) groups excluding carboxylic acids is 1. The van der Waals surface area contributed by atoms with Crippen molar-refractivity contribution in [2.75, 3.05) is 13.2 Å². The first kappa shape index (κ1) is 12.9. The molecule has 1 N–H and O–H groups in total. The molecule has 0 radical (unpaired) electrons. The molecule has 1 amide bonds. The predicted octanol–water partition coefficient (Wildman–Crippen LogP) is 2.72. The third-order valence-corrected chi connectivity index (χ3v) is 3.22. The highest BCUT2D eigenvalue weighted by atomic mass is 16.5. The van der Waals surface area contributed by atoms with Gasteiger partial charge in [-0.2, -0.15) is 0 Å². The fourth-order valence-corrected chi connectivity index (χ4v) is 2.31. The summed E-state index contributed by atoms with van der Waals surface area (Å²) < 4.78 is 5.61. The first-order valence-corrected chi connectivity index (χ1v) is 6.65. The number of para-hydroxylation sites is 1. The van der Waals surface area contributed by atoms with Crippen LogP contribution in [-0.4, -0.2) is 19.1 Å². The number of rotatable bonds is 4. The molecule has 0 bridgehead atoms. The lowest BCUT2D eigenvalue weighted by Crippen LogP contribution is -2.31. The van der Waals surface area contributed by atoms with E-state index in [-0.39, 0.29) is 5.91 Å². The summed E-state index contributed by atoms with van der Waals surface area (Å²) in [5.41, 5.74) is 1.22. The Morgan fingerprint density at radius 1 is 1.44 bits per heavy atom. The van der Waals surface area contributed by atoms with Crippen LogP contribution in [0, 0.1) is 5.92 Å². The number of amides is 1. The van der Waals surface area contributed by atoms with Crippen LogP contribution in [0.1, 0.15) is 38.2 Å². The van der Waals surface area contributed by atoms with E-state index >= 15 is 0 Å². The second kappa shape index (κ2) is 5.89. The number of fused-ring (bicyclic) bond motifs is 1. The molecule has 0 saturated carbocycles. The second-order valence-electron chi connectivity index (χ2n) is 5.27. The van der Waals surface area contributed by atoms with Gasteiger partial charge < -0.3 is 10.1 Å². The first-order chi connectivity index (χ1) is 8.66. The second-order valence-corrected chi connectivity index (χ2v) is 5.27. The van der Waals surface area contributed by atoms with Crippen LogP contribution in [0.5, 0.6) is 5.75 Å². The number of nitrogens with one attached hydrogen (secondary N) is 1. The Bertz CT molecular complexity index is 415. The summed E-state index contributed by atoms with van der Waals surface area (Å²) in [4.78, 5) is 11.7. The molecule has 1 unspecified atom stereocenters. The van der Waals surface area contributed by atoms with Crippen molar-refractivity contribution in [1.82, 2.24) is 5.32 Å². The van der Waals surface area contributed by atoms with Gasteiger partial charge in [-0.3, -0.25) is 4.79 Å². The van der Waals surface area contributed by atoms with Gasteiger partial charge in [0.05, 0.1) is 6.61 Å². The van der Waals surface area contributed by atoms with Crippen molar-refractivity contribution in [3.05, 3.63) is 29.8 Å². The van der Waals surface area contributed by atoms with E-state index in [9.17, 15) is 4.79 Å². The summed E-state index contributed by atoms with van der Waals surface area (Å²) in [7, 11) is 0. The molecule has 1 aromatic carbocycles. The van der Waals surface area contributed by atoms with Crippen molar-refractivity contribution in [2.24, 2.45) is 5.92 Å². The van der Waals surface area contributed by atoms with Crippen molar-refractivity contribution in [2.45, 2.75) is 32.6 Å². The van der Waals surface area contributed by atoms with Crippen molar-refractivity contribution >= 4 is 5.91 Å². The van der Waals surface area contributed by atoms with Crippen LogP contribution < -0.4 is 10.1 Å². The molecule has 0 saturated heterocycles. The zero-order valence-corrected chi connectivity index (χ0v) is 11.1. The Balaban J connectivity index is 1.93. The fourth-order valence-electron chi connectivity index (χ4n) is 2.31. The average Bonchev–Trinajstić information content (AvgIpc) is 2.35. The van der Waals surface area contributed by atoms with Gasteiger partial charge in [0.1, 0.15) is 5.75 Å². The van der Waals surface area contributed by atoms with Gasteiger partial charge in [0, 0.05) is 18.9 Å². The van der Waals surface area contributed by atoms with Gasteiger partial charge in [0.25, 0.3) is 0 Å². The van der Waals surface area contributed by atoms with E-state index < -0.39 is 0 Å². The van der Waals surface area contributed by atoms with Gasteiger partial charge in [-0.15, -0.1) is 0 Å². The molecule has 2 rings (SSSR count). The van der Waals surface area contributed by atoms with Crippen LogP contribution >= 0.6 is 0 Å². The molecule has 0 aliphatic carbocycles. The number of hydrogen-bond donors (Lipinski definition) is 1. The highest BCUT2D eigenvalue weighted by Gasteiger charge is 2.21. The predicted molar refractivity (Wildman–Crippen MR) is 71.8 cm³/mol. The average molecular weight is 247 g/mol. The van der Waals surface area contributed by atoms with Crippen molar-refractivity contribution in [1.29, 1.82) is 0 Å². The SMILES string of the molecule is CC(C)CC(=O)NCC1CCOc2ccccc21. The van der Waals surface area contributed by atoms with Crippen molar-refractivity contribution < 1.29 is 9.53 Å². The van der Waals surface area contributed by atoms with Crippen LogP contribution in [0.15, 0.2) is 24.3 Å². The molecule has 0 spiro atoms. The van der Waals surface area contributed by atoms with Gasteiger partial charge in [0.15, 0.2) is 0 Å². The maximum atomic E-state index is 11.7. The molecule has 1 aliphatic heterocycles. The van der Waals surface area contributed by atoms with Crippen molar-refractivity contribution in [3.63, 3.8) is 0 Å². The van der Waals surface area contributed by atoms with Crippen LogP contribution in [0.4, 0.5) is 0 Å². The maximum Gasteiger partial charge on any atom is 0.220 e. The minimum Gasteiger partial charge on any atom is -0.493 e. The van der Waals surface area contributed by atoms with E-state index in [0.29, 0.717) is 24.8 Å². The largest absolute Gasteiger partial charge is 0.493 e. The summed E-state index contributed by atoms with van der Waals surface area (Å²) in [6.45, 7) is 5.57. The molecule has 1 aromatic rings. The summed E-state index contributed by atoms with van der Waals surface area (Å²) in [6, 6.07) is 8.10. The summed E-state index contributed by atoms with van der Waals surface area (Å²) >= 11 is 0. The molecular formula is C15H21NO2. The van der Waals surface area contributed by atoms with Crippen molar-refractivity contribution in [3.8, 4) is 5.75 Å². The quantitative estimate of drug-likeness (QED) is 0.888. The monoisotopic (exact) mass is 247 g/mol. The lowest BCUT2D eigenvalue weighted by atomic mass is 9.93. The summed E-state index contributed by atoms with van der Waals surface area (Å²) in [5.74, 6) is 1.90. The van der Waals surface area contributed by atoms with Gasteiger partial charge in [-0.1, -0.05) is 32.0 Å². The van der Waals surface area contributed by atoms with Gasteiger partial charge in [-0.25, -0.2) is 0 Å². The molecule has 0 fully saturated rings. The fraction of sp³-hybridized carbons (Fsp3) is 0.533. The Kier molecular flexibility index (Phi) is 4.24. The molecule has 98 valence electrons. The van der Waals surface area contributed by atoms with Crippen LogP contribution in [-0.2, 0) is 4.79 Å². The lowest BCUT2D eigenvalue weighted by molar-refractivity contribution is -0.121. The standard InChI is InChI=1S/C15H21NO2/c1-11(2)9-15(17)16-10-12-7-8-18-14-6-4-3-5-13(12)14/h3-6,11-12H,7-10H2,1-2H3,(H,16,17). The maximum absolute atomic E-state index is 11.7. The molecule has 1 aliphatic rings. The molecule has 1 atom stereocenters. The van der Waals surface area contributed by atoms with E-state index in [2.05, 4.69) is 25.2 Å². The minimum absolute atomic E-state index is 0.147. The van der Waals surface area contributed by atoms with Crippen LogP contribution in [0.2, 0.25) is 0 Å². The van der Waals surface area contributed by atoms with E-state index in [0.717, 1.165) is 18.8 Å².